The van der Waals surface area contributed by atoms with Crippen LogP contribution >= 0.6 is 11.6 Å². The van der Waals surface area contributed by atoms with E-state index in [-0.39, 0.29) is 24.3 Å². The number of nitrogens with one attached hydrogen (secondary N) is 1. The zero-order valence-corrected chi connectivity index (χ0v) is 12.1. The van der Waals surface area contributed by atoms with Gasteiger partial charge in [0.2, 0.25) is 5.91 Å². The van der Waals surface area contributed by atoms with E-state index in [1.54, 1.807) is 0 Å². The predicted octanol–water partition coefficient (Wildman–Crippen LogP) is 2.82. The molecule has 1 fully saturated rings. The van der Waals surface area contributed by atoms with Crippen molar-refractivity contribution in [1.29, 1.82) is 0 Å². The van der Waals surface area contributed by atoms with Gasteiger partial charge in [-0.05, 0) is 31.5 Å². The van der Waals surface area contributed by atoms with Gasteiger partial charge in [-0.2, -0.15) is 0 Å². The van der Waals surface area contributed by atoms with Gasteiger partial charge in [0, 0.05) is 6.04 Å². The fourth-order valence-electron chi connectivity index (χ4n) is 2.21. The van der Waals surface area contributed by atoms with Crippen molar-refractivity contribution < 1.29 is 14.0 Å². The van der Waals surface area contributed by atoms with E-state index in [9.17, 15) is 14.0 Å². The first-order chi connectivity index (χ1) is 9.43. The molecule has 1 saturated heterocycles. The molecule has 1 aliphatic rings. The summed E-state index contributed by atoms with van der Waals surface area (Å²) < 4.78 is 13.2. The number of hydrogen-bond acceptors (Lipinski definition) is 3. The van der Waals surface area contributed by atoms with Crippen molar-refractivity contribution in [2.75, 3.05) is 5.32 Å². The number of halogens is 2. The number of nitrogens with zero attached hydrogens (tertiary/aromatic N) is 1. The zero-order chi connectivity index (χ0) is 14.9. The highest BCUT2D eigenvalue weighted by Crippen LogP contribution is 2.27. The lowest BCUT2D eigenvalue weighted by Gasteiger charge is -2.22. The lowest BCUT2D eigenvalue weighted by molar-refractivity contribution is -0.140. The van der Waals surface area contributed by atoms with Gasteiger partial charge < -0.3 is 5.32 Å². The smallest absolute Gasteiger partial charge is 0.252 e. The summed E-state index contributed by atoms with van der Waals surface area (Å²) in [4.78, 5) is 25.4. The molecular weight excluding hydrogens is 283 g/mol. The highest BCUT2D eigenvalue weighted by atomic mass is 35.5. The Labute approximate surface area is 121 Å². The number of amides is 2. The fraction of sp³-hybridized carbons (Fsp3) is 0.429. The van der Waals surface area contributed by atoms with E-state index < -0.39 is 11.9 Å². The Kier molecular flexibility index (Phi) is 4.28. The van der Waals surface area contributed by atoms with Gasteiger partial charge in [0.1, 0.15) is 11.9 Å². The predicted molar refractivity (Wildman–Crippen MR) is 75.0 cm³/mol. The molecule has 0 saturated carbocycles. The number of hydrogen-bond donors (Lipinski definition) is 1. The Bertz CT molecular complexity index is 550. The second kappa shape index (κ2) is 5.79. The lowest BCUT2D eigenvalue weighted by Crippen LogP contribution is -2.40. The molecular formula is C14H16ClFN2O2. The quantitative estimate of drug-likeness (QED) is 0.870. The minimum absolute atomic E-state index is 0.0655. The first-order valence-corrected chi connectivity index (χ1v) is 6.89. The Morgan fingerprint density at radius 1 is 1.50 bits per heavy atom. The molecule has 6 heteroatoms. The van der Waals surface area contributed by atoms with Gasteiger partial charge in [0.25, 0.3) is 5.91 Å². The molecule has 1 aliphatic heterocycles. The summed E-state index contributed by atoms with van der Waals surface area (Å²) in [5.41, 5.74) is 0.323. The minimum atomic E-state index is -0.684. The summed E-state index contributed by atoms with van der Waals surface area (Å²) in [5, 5.41) is 3.17. The number of carbonyl (C=O) groups excluding carboxylic acids is 2. The van der Waals surface area contributed by atoms with Crippen molar-refractivity contribution in [3.05, 3.63) is 29.0 Å². The molecule has 4 nitrogen and oxygen atoms in total. The topological polar surface area (TPSA) is 49.4 Å². The molecule has 2 atom stereocenters. The molecule has 1 aromatic rings. The normalized spacial score (nSPS) is 20.4. The summed E-state index contributed by atoms with van der Waals surface area (Å²) in [6, 6.07) is 3.04. The maximum Gasteiger partial charge on any atom is 0.252 e. The van der Waals surface area contributed by atoms with Crippen molar-refractivity contribution in [3.63, 3.8) is 0 Å². The zero-order valence-electron chi connectivity index (χ0n) is 11.3. The van der Waals surface area contributed by atoms with E-state index in [0.29, 0.717) is 17.1 Å². The van der Waals surface area contributed by atoms with Crippen LogP contribution in [0.5, 0.6) is 0 Å². The fourth-order valence-corrected chi connectivity index (χ4v) is 2.38. The summed E-state index contributed by atoms with van der Waals surface area (Å²) >= 11 is 5.95. The summed E-state index contributed by atoms with van der Waals surface area (Å²) in [6.07, 6.45) is 0.765. The van der Waals surface area contributed by atoms with Crippen LogP contribution in [0.15, 0.2) is 18.2 Å². The molecule has 20 heavy (non-hydrogen) atoms. The number of imide groups is 1. The molecule has 108 valence electrons. The van der Waals surface area contributed by atoms with E-state index in [1.165, 1.54) is 23.1 Å². The Hall–Kier alpha value is -1.62. The molecule has 2 unspecified atom stereocenters. The van der Waals surface area contributed by atoms with Crippen molar-refractivity contribution >= 4 is 29.1 Å². The van der Waals surface area contributed by atoms with E-state index in [4.69, 9.17) is 11.6 Å². The maximum absolute atomic E-state index is 13.2. The number of likely N-dealkylation sites (tertiary alicyclic amines) is 1. The van der Waals surface area contributed by atoms with Crippen LogP contribution in [0.25, 0.3) is 0 Å². The molecule has 1 N–H and O–H groups in total. The van der Waals surface area contributed by atoms with Crippen molar-refractivity contribution in [2.45, 2.75) is 38.8 Å². The van der Waals surface area contributed by atoms with Crippen molar-refractivity contribution in [1.82, 2.24) is 4.90 Å². The molecule has 1 aromatic carbocycles. The summed E-state index contributed by atoms with van der Waals surface area (Å²) in [5.74, 6) is -0.952. The van der Waals surface area contributed by atoms with Gasteiger partial charge in [-0.15, -0.1) is 0 Å². The van der Waals surface area contributed by atoms with Crippen LogP contribution in [0.2, 0.25) is 5.02 Å². The number of benzene rings is 1. The van der Waals surface area contributed by atoms with Crippen LogP contribution in [0.1, 0.15) is 26.7 Å². The highest BCUT2D eigenvalue weighted by Gasteiger charge is 2.40. The second-order valence-corrected chi connectivity index (χ2v) is 5.29. The van der Waals surface area contributed by atoms with Gasteiger partial charge in [-0.1, -0.05) is 18.5 Å². The molecule has 0 spiro atoms. The molecule has 2 rings (SSSR count). The lowest BCUT2D eigenvalue weighted by atomic mass is 10.2. The SMILES string of the molecule is CCC(C)N1C(=O)CC(Nc2cc(F)ccc2Cl)C1=O. The van der Waals surface area contributed by atoms with Crippen molar-refractivity contribution in [3.8, 4) is 0 Å². The first-order valence-electron chi connectivity index (χ1n) is 6.51. The van der Waals surface area contributed by atoms with Crippen LogP contribution < -0.4 is 5.32 Å². The Morgan fingerprint density at radius 2 is 2.20 bits per heavy atom. The third kappa shape index (κ3) is 2.77. The first kappa shape index (κ1) is 14.8. The van der Waals surface area contributed by atoms with E-state index in [1.807, 2.05) is 13.8 Å². The maximum atomic E-state index is 13.2. The van der Waals surface area contributed by atoms with Crippen LogP contribution in [-0.4, -0.2) is 28.8 Å². The largest absolute Gasteiger partial charge is 0.372 e. The average molecular weight is 299 g/mol. The molecule has 1 heterocycles. The molecule has 0 bridgehead atoms. The van der Waals surface area contributed by atoms with Crippen LogP contribution in [0.4, 0.5) is 10.1 Å². The van der Waals surface area contributed by atoms with E-state index in [2.05, 4.69) is 5.32 Å². The summed E-state index contributed by atoms with van der Waals surface area (Å²) in [6.45, 7) is 3.74. The average Bonchev–Trinajstić information content (AvgIpc) is 2.68. The van der Waals surface area contributed by atoms with Crippen LogP contribution in [0, 0.1) is 5.82 Å². The number of rotatable bonds is 4. The van der Waals surface area contributed by atoms with Crippen LogP contribution in [-0.2, 0) is 9.59 Å². The van der Waals surface area contributed by atoms with Crippen molar-refractivity contribution in [2.24, 2.45) is 0 Å². The highest BCUT2D eigenvalue weighted by molar-refractivity contribution is 6.33. The molecule has 0 aliphatic carbocycles. The van der Waals surface area contributed by atoms with Gasteiger partial charge in [0.05, 0.1) is 17.1 Å². The Balaban J connectivity index is 2.17. The third-order valence-electron chi connectivity index (χ3n) is 3.47. The van der Waals surface area contributed by atoms with E-state index >= 15 is 0 Å². The number of anilines is 1. The standard InChI is InChI=1S/C14H16ClFN2O2/c1-3-8(2)18-13(19)7-12(14(18)20)17-11-6-9(16)4-5-10(11)15/h4-6,8,12,17H,3,7H2,1-2H3. The molecule has 0 radical (unpaired) electrons. The molecule has 2 amide bonds. The molecule has 0 aromatic heterocycles. The minimum Gasteiger partial charge on any atom is -0.372 e. The third-order valence-corrected chi connectivity index (χ3v) is 3.80. The van der Waals surface area contributed by atoms with Gasteiger partial charge in [-0.25, -0.2) is 4.39 Å². The van der Waals surface area contributed by atoms with E-state index in [0.717, 1.165) is 0 Å². The second-order valence-electron chi connectivity index (χ2n) is 4.88. The van der Waals surface area contributed by atoms with Crippen LogP contribution in [0.3, 0.4) is 0 Å². The van der Waals surface area contributed by atoms with Gasteiger partial charge >= 0.3 is 0 Å². The van der Waals surface area contributed by atoms with Gasteiger partial charge in [0.15, 0.2) is 0 Å². The monoisotopic (exact) mass is 298 g/mol. The number of carbonyl (C=O) groups is 2. The Morgan fingerprint density at radius 3 is 2.85 bits per heavy atom. The van der Waals surface area contributed by atoms with Gasteiger partial charge in [-0.3, -0.25) is 14.5 Å². The summed E-state index contributed by atoms with van der Waals surface area (Å²) in [7, 11) is 0.